The zero-order valence-corrected chi connectivity index (χ0v) is 29.0. The number of thiophene rings is 3. The third-order valence-electron chi connectivity index (χ3n) is 7.87. The Morgan fingerprint density at radius 2 is 1.09 bits per heavy atom. The van der Waals surface area contributed by atoms with E-state index in [1.165, 1.54) is 25.1 Å². The first-order valence-electron chi connectivity index (χ1n) is 14.8. The van der Waals surface area contributed by atoms with Crippen molar-refractivity contribution in [3.63, 3.8) is 0 Å². The average molecular weight is 625 g/mol. The van der Waals surface area contributed by atoms with Gasteiger partial charge in [-0.1, -0.05) is 54.5 Å². The van der Waals surface area contributed by atoms with E-state index in [-0.39, 0.29) is 22.4 Å². The van der Waals surface area contributed by atoms with Crippen LogP contribution in [0.5, 0.6) is 0 Å². The van der Waals surface area contributed by atoms with Gasteiger partial charge in [-0.3, -0.25) is 9.59 Å². The molecular formula is C38H40O2S3. The summed E-state index contributed by atoms with van der Waals surface area (Å²) in [6, 6.07) is 13.2. The molecule has 0 atom stereocenters. The van der Waals surface area contributed by atoms with Crippen molar-refractivity contribution in [3.8, 4) is 0 Å². The molecule has 3 aromatic heterocycles. The van der Waals surface area contributed by atoms with Crippen molar-refractivity contribution in [1.29, 1.82) is 0 Å². The highest BCUT2D eigenvalue weighted by molar-refractivity contribution is 7.17. The van der Waals surface area contributed by atoms with Gasteiger partial charge in [-0.15, -0.1) is 34.0 Å². The highest BCUT2D eigenvalue weighted by atomic mass is 32.1. The lowest BCUT2D eigenvalue weighted by atomic mass is 9.77. The van der Waals surface area contributed by atoms with Gasteiger partial charge in [0.1, 0.15) is 0 Å². The number of carbonyl (C=O) groups excluding carboxylic acids is 2. The Morgan fingerprint density at radius 1 is 0.628 bits per heavy atom. The molecule has 0 saturated heterocycles. The van der Waals surface area contributed by atoms with Gasteiger partial charge in [0, 0.05) is 46.7 Å². The number of carbonyl (C=O) groups is 2. The van der Waals surface area contributed by atoms with E-state index >= 15 is 0 Å². The number of hydrogen-bond donors (Lipinski definition) is 0. The summed E-state index contributed by atoms with van der Waals surface area (Å²) in [5.74, 6) is 0.253. The molecule has 0 radical (unpaired) electrons. The van der Waals surface area contributed by atoms with Crippen molar-refractivity contribution < 1.29 is 9.59 Å². The molecule has 3 heterocycles. The minimum Gasteiger partial charge on any atom is -0.289 e. The van der Waals surface area contributed by atoms with E-state index in [0.29, 0.717) is 0 Å². The van der Waals surface area contributed by atoms with E-state index in [4.69, 9.17) is 0 Å². The topological polar surface area (TPSA) is 34.1 Å². The van der Waals surface area contributed by atoms with E-state index in [2.05, 4.69) is 115 Å². The van der Waals surface area contributed by atoms with Gasteiger partial charge in [-0.2, -0.15) is 0 Å². The van der Waals surface area contributed by atoms with Crippen molar-refractivity contribution in [3.05, 3.63) is 124 Å². The third-order valence-corrected chi connectivity index (χ3v) is 11.1. The molecule has 0 saturated carbocycles. The van der Waals surface area contributed by atoms with Crippen LogP contribution in [0.15, 0.2) is 99.5 Å². The maximum Gasteiger partial charge on any atom is 0.185 e. The largest absolute Gasteiger partial charge is 0.289 e. The fourth-order valence-electron chi connectivity index (χ4n) is 5.49. The number of ketones is 2. The molecule has 2 aliphatic carbocycles. The molecule has 3 aromatic rings. The third kappa shape index (κ3) is 6.26. The minimum atomic E-state index is -0.260. The van der Waals surface area contributed by atoms with Gasteiger partial charge in [0.15, 0.2) is 11.6 Å². The van der Waals surface area contributed by atoms with Crippen LogP contribution in [0.25, 0.3) is 11.1 Å². The maximum atomic E-state index is 13.2. The monoisotopic (exact) mass is 624 g/mol. The SMILES string of the molecule is CCc1ccc(/C(=C2\C=C(C)C(=O)C(C(C)(C)C)=C2)c2ccc(/C(=C3/C=C(C)C(=O)C(C(C)(C)C)=C3)c3cccs3)s2)s1. The molecule has 5 rings (SSSR count). The van der Waals surface area contributed by atoms with Crippen LogP contribution in [-0.2, 0) is 16.0 Å². The molecule has 0 bridgehead atoms. The molecule has 0 N–H and O–H groups in total. The highest BCUT2D eigenvalue weighted by Gasteiger charge is 2.31. The van der Waals surface area contributed by atoms with E-state index in [9.17, 15) is 9.59 Å². The quantitative estimate of drug-likeness (QED) is 0.283. The summed E-state index contributed by atoms with van der Waals surface area (Å²) in [7, 11) is 0. The van der Waals surface area contributed by atoms with Crippen LogP contribution in [0, 0.1) is 10.8 Å². The Bertz CT molecular complexity index is 1790. The summed E-state index contributed by atoms with van der Waals surface area (Å²) in [5.41, 5.74) is 7.20. The first-order valence-corrected chi connectivity index (χ1v) is 17.3. The van der Waals surface area contributed by atoms with Crippen molar-refractivity contribution in [2.24, 2.45) is 10.8 Å². The van der Waals surface area contributed by atoms with Crippen molar-refractivity contribution in [1.82, 2.24) is 0 Å². The van der Waals surface area contributed by atoms with Gasteiger partial charge in [-0.25, -0.2) is 0 Å². The Balaban J connectivity index is 1.77. The molecule has 222 valence electrons. The molecule has 43 heavy (non-hydrogen) atoms. The Kier molecular flexibility index (Phi) is 8.56. The Hall–Kier alpha value is -3.12. The lowest BCUT2D eigenvalue weighted by Crippen LogP contribution is -2.21. The van der Waals surface area contributed by atoms with E-state index in [0.717, 1.165) is 50.3 Å². The van der Waals surface area contributed by atoms with E-state index in [1.807, 2.05) is 25.2 Å². The van der Waals surface area contributed by atoms with Gasteiger partial charge in [0.2, 0.25) is 0 Å². The molecule has 0 unspecified atom stereocenters. The summed E-state index contributed by atoms with van der Waals surface area (Å²) in [6.45, 7) is 18.7. The number of hydrogen-bond acceptors (Lipinski definition) is 5. The van der Waals surface area contributed by atoms with Gasteiger partial charge >= 0.3 is 0 Å². The summed E-state index contributed by atoms with van der Waals surface area (Å²) in [5, 5.41) is 2.11. The maximum absolute atomic E-state index is 13.2. The van der Waals surface area contributed by atoms with Crippen LogP contribution < -0.4 is 0 Å². The predicted octanol–water partition coefficient (Wildman–Crippen LogP) is 11.0. The molecule has 0 amide bonds. The molecule has 0 aromatic carbocycles. The molecule has 2 nitrogen and oxygen atoms in total. The second kappa shape index (κ2) is 11.8. The molecule has 0 aliphatic heterocycles. The van der Waals surface area contributed by atoms with Gasteiger partial charge in [0.05, 0.1) is 0 Å². The van der Waals surface area contributed by atoms with Crippen molar-refractivity contribution in [2.75, 3.05) is 0 Å². The standard InChI is InChI=1S/C38H40O2S3/c1-10-26-13-14-30(42-26)34(25-19-23(3)36(40)28(21-25)38(7,8)9)32-16-15-31(43-32)33(29-12-11-17-41-29)24-18-22(2)35(39)27(20-24)37(4,5)6/h11-21H,10H2,1-9H3/b33-24-,34-25-. The van der Waals surface area contributed by atoms with E-state index in [1.54, 1.807) is 22.7 Å². The zero-order valence-electron chi connectivity index (χ0n) is 26.6. The second-order valence-electron chi connectivity index (χ2n) is 13.4. The van der Waals surface area contributed by atoms with Crippen LogP contribution >= 0.6 is 34.0 Å². The smallest absolute Gasteiger partial charge is 0.185 e. The average Bonchev–Trinajstić information content (AvgIpc) is 3.70. The van der Waals surface area contributed by atoms with Crippen LogP contribution in [0.3, 0.4) is 0 Å². The summed E-state index contributed by atoms with van der Waals surface area (Å²) >= 11 is 5.33. The Labute approximate surface area is 268 Å². The molecular weight excluding hydrogens is 585 g/mol. The lowest BCUT2D eigenvalue weighted by molar-refractivity contribution is -0.113. The number of rotatable bonds is 5. The van der Waals surface area contributed by atoms with Crippen LogP contribution in [-0.4, -0.2) is 11.6 Å². The molecule has 0 fully saturated rings. The fraction of sp³-hybridized carbons (Fsp3) is 0.316. The van der Waals surface area contributed by atoms with Crippen LogP contribution in [0.2, 0.25) is 0 Å². The van der Waals surface area contributed by atoms with Crippen LogP contribution in [0.1, 0.15) is 86.7 Å². The van der Waals surface area contributed by atoms with Gasteiger partial charge < -0.3 is 0 Å². The lowest BCUT2D eigenvalue weighted by Gasteiger charge is -2.26. The molecule has 2 aliphatic rings. The second-order valence-corrected chi connectivity index (χ2v) is 16.6. The normalized spacial score (nSPS) is 18.7. The summed E-state index contributed by atoms with van der Waals surface area (Å²) in [4.78, 5) is 32.4. The minimum absolute atomic E-state index is 0.125. The first-order chi connectivity index (χ1) is 20.2. The Morgan fingerprint density at radius 3 is 1.51 bits per heavy atom. The first kappa shape index (κ1) is 31.3. The van der Waals surface area contributed by atoms with E-state index < -0.39 is 0 Å². The summed E-state index contributed by atoms with van der Waals surface area (Å²) < 4.78 is 0. The van der Waals surface area contributed by atoms with Gasteiger partial charge in [-0.05, 0) is 113 Å². The highest BCUT2D eigenvalue weighted by Crippen LogP contribution is 2.45. The summed E-state index contributed by atoms with van der Waals surface area (Å²) in [6.07, 6.45) is 9.32. The molecule has 5 heteroatoms. The fourth-order valence-corrected chi connectivity index (χ4v) is 8.63. The predicted molar refractivity (Wildman–Crippen MR) is 187 cm³/mol. The van der Waals surface area contributed by atoms with Gasteiger partial charge in [0.25, 0.3) is 0 Å². The number of Topliss-reactive ketones (excluding diaryl/α,β-unsaturated/α-hetero) is 2. The zero-order chi connectivity index (χ0) is 31.3. The van der Waals surface area contributed by atoms with Crippen LogP contribution in [0.4, 0.5) is 0 Å². The number of allylic oxidation sites excluding steroid dienone is 10. The number of aryl methyl sites for hydroxylation is 1. The van der Waals surface area contributed by atoms with Crippen molar-refractivity contribution in [2.45, 2.75) is 68.7 Å². The molecule has 0 spiro atoms. The van der Waals surface area contributed by atoms with Crippen molar-refractivity contribution >= 4 is 56.7 Å².